The Hall–Kier alpha value is -3.23. The van der Waals surface area contributed by atoms with Crippen molar-refractivity contribution < 1.29 is 19.6 Å². The summed E-state index contributed by atoms with van der Waals surface area (Å²) in [5.74, 6) is -2.18. The number of hydrogen-bond acceptors (Lipinski definition) is 5. The van der Waals surface area contributed by atoms with Crippen LogP contribution in [0.15, 0.2) is 42.5 Å². The molecular formula is C23H26N4O4. The molecule has 1 aliphatic heterocycles. The summed E-state index contributed by atoms with van der Waals surface area (Å²) in [4.78, 5) is 40.2. The molecule has 4 rings (SSSR count). The summed E-state index contributed by atoms with van der Waals surface area (Å²) >= 11 is 0. The number of nitrogens with zero attached hydrogens (tertiary/aromatic N) is 2. The number of likely N-dealkylation sites (N-methyl/N-ethyl adjacent to an activating group) is 2. The molecule has 2 aliphatic rings. The molecule has 1 atom stereocenters. The van der Waals surface area contributed by atoms with Gasteiger partial charge in [0.25, 0.3) is 17.7 Å². The smallest absolute Gasteiger partial charge is 0.275 e. The van der Waals surface area contributed by atoms with Crippen molar-refractivity contribution in [2.24, 2.45) is 0 Å². The van der Waals surface area contributed by atoms with E-state index in [1.165, 1.54) is 43.5 Å². The maximum atomic E-state index is 12.8. The lowest BCUT2D eigenvalue weighted by Crippen LogP contribution is -2.54. The Kier molecular flexibility index (Phi) is 5.75. The minimum atomic E-state index is -1.48. The summed E-state index contributed by atoms with van der Waals surface area (Å²) in [7, 11) is 2.70. The molecule has 1 unspecified atom stereocenters. The molecule has 8 nitrogen and oxygen atoms in total. The minimum Gasteiger partial charge on any atom is -0.357 e. The first-order valence-corrected chi connectivity index (χ1v) is 10.3. The highest BCUT2D eigenvalue weighted by molar-refractivity contribution is 6.08. The van der Waals surface area contributed by atoms with Crippen molar-refractivity contribution in [3.05, 3.63) is 59.2 Å². The Balaban J connectivity index is 1.50. The second-order valence-electron chi connectivity index (χ2n) is 8.11. The lowest BCUT2D eigenvalue weighted by Gasteiger charge is -2.25. The third-order valence-corrected chi connectivity index (χ3v) is 6.04. The van der Waals surface area contributed by atoms with Crippen molar-refractivity contribution in [3.8, 4) is 11.1 Å². The molecule has 0 radical (unpaired) electrons. The Morgan fingerprint density at radius 1 is 1.00 bits per heavy atom. The number of hydrogen-bond donors (Lipinski definition) is 3. The van der Waals surface area contributed by atoms with Crippen molar-refractivity contribution in [2.45, 2.75) is 38.0 Å². The molecular weight excluding hydrogens is 396 g/mol. The number of rotatable bonds is 6. The molecule has 1 heterocycles. The summed E-state index contributed by atoms with van der Waals surface area (Å²) in [6.45, 7) is 2.01. The Bertz CT molecular complexity index is 1000. The summed E-state index contributed by atoms with van der Waals surface area (Å²) in [5, 5.41) is 11.2. The quantitative estimate of drug-likeness (QED) is 0.372. The van der Waals surface area contributed by atoms with Gasteiger partial charge in [0.05, 0.1) is 0 Å². The van der Waals surface area contributed by atoms with E-state index in [1.54, 1.807) is 12.1 Å². The molecule has 2 aromatic carbocycles. The van der Waals surface area contributed by atoms with E-state index in [4.69, 9.17) is 5.21 Å². The lowest BCUT2D eigenvalue weighted by molar-refractivity contribution is -0.140. The average molecular weight is 422 g/mol. The van der Waals surface area contributed by atoms with Crippen molar-refractivity contribution in [1.82, 2.24) is 20.6 Å². The van der Waals surface area contributed by atoms with Crippen LogP contribution in [0.2, 0.25) is 0 Å². The Morgan fingerprint density at radius 2 is 1.65 bits per heavy atom. The van der Waals surface area contributed by atoms with Crippen LogP contribution in [0.25, 0.3) is 11.1 Å². The zero-order valence-electron chi connectivity index (χ0n) is 17.6. The first kappa shape index (κ1) is 21.0. The van der Waals surface area contributed by atoms with Gasteiger partial charge in [-0.15, -0.1) is 0 Å². The second kappa shape index (κ2) is 8.49. The standard InChI is InChI=1S/C23H26N4O4/c1-24-21(28)20(22(29)25-31)26(2)23(30)15-5-3-14(4-6-15)16-7-8-17-12-27(19-9-10-19)13-18(17)11-16/h3-8,11,19-20,31H,9-10,12-13H2,1-2H3,(H,24,28)(H,25,29). The van der Waals surface area contributed by atoms with Gasteiger partial charge in [0.1, 0.15) is 0 Å². The van der Waals surface area contributed by atoms with Crippen LogP contribution in [-0.4, -0.2) is 58.9 Å². The fourth-order valence-electron chi connectivity index (χ4n) is 4.09. The highest BCUT2D eigenvalue weighted by Gasteiger charge is 2.34. The molecule has 1 aliphatic carbocycles. The van der Waals surface area contributed by atoms with Crippen LogP contribution < -0.4 is 10.8 Å². The summed E-state index contributed by atoms with van der Waals surface area (Å²) < 4.78 is 0. The maximum Gasteiger partial charge on any atom is 0.275 e. The number of amides is 3. The minimum absolute atomic E-state index is 0.340. The van der Waals surface area contributed by atoms with Crippen LogP contribution in [0.3, 0.4) is 0 Å². The first-order valence-electron chi connectivity index (χ1n) is 10.3. The van der Waals surface area contributed by atoms with Gasteiger partial charge >= 0.3 is 0 Å². The largest absolute Gasteiger partial charge is 0.357 e. The van der Waals surface area contributed by atoms with E-state index >= 15 is 0 Å². The van der Waals surface area contributed by atoms with Crippen molar-refractivity contribution in [3.63, 3.8) is 0 Å². The van der Waals surface area contributed by atoms with Crippen LogP contribution in [-0.2, 0) is 22.7 Å². The topological polar surface area (TPSA) is 102 Å². The maximum absolute atomic E-state index is 12.8. The molecule has 8 heteroatoms. The summed E-state index contributed by atoms with van der Waals surface area (Å²) in [6.07, 6.45) is 2.59. The van der Waals surface area contributed by atoms with Crippen LogP contribution >= 0.6 is 0 Å². The third kappa shape index (κ3) is 4.17. The fraction of sp³-hybridized carbons (Fsp3) is 0.348. The zero-order valence-corrected chi connectivity index (χ0v) is 17.6. The predicted octanol–water partition coefficient (Wildman–Crippen LogP) is 1.52. The van der Waals surface area contributed by atoms with Crippen molar-refractivity contribution in [2.75, 3.05) is 14.1 Å². The highest BCUT2D eigenvalue weighted by atomic mass is 16.5. The third-order valence-electron chi connectivity index (χ3n) is 6.04. The van der Waals surface area contributed by atoms with E-state index in [-0.39, 0.29) is 0 Å². The molecule has 0 aromatic heterocycles. The summed E-state index contributed by atoms with van der Waals surface area (Å²) in [6, 6.07) is 12.8. The molecule has 1 fully saturated rings. The second-order valence-corrected chi connectivity index (χ2v) is 8.11. The molecule has 31 heavy (non-hydrogen) atoms. The number of carbonyl (C=O) groups is 3. The number of benzene rings is 2. The van der Waals surface area contributed by atoms with E-state index < -0.39 is 23.8 Å². The van der Waals surface area contributed by atoms with Gasteiger partial charge in [-0.25, -0.2) is 5.48 Å². The number of nitrogens with one attached hydrogen (secondary N) is 2. The lowest BCUT2D eigenvalue weighted by atomic mass is 9.99. The monoisotopic (exact) mass is 422 g/mol. The molecule has 0 spiro atoms. The number of carbonyl (C=O) groups excluding carboxylic acids is 3. The fourth-order valence-corrected chi connectivity index (χ4v) is 4.09. The van der Waals surface area contributed by atoms with E-state index in [9.17, 15) is 14.4 Å². The van der Waals surface area contributed by atoms with Gasteiger partial charge in [-0.05, 0) is 53.3 Å². The van der Waals surface area contributed by atoms with E-state index in [1.807, 2.05) is 12.1 Å². The van der Waals surface area contributed by atoms with Crippen molar-refractivity contribution >= 4 is 17.7 Å². The van der Waals surface area contributed by atoms with Gasteiger partial charge in [0.2, 0.25) is 0 Å². The SMILES string of the molecule is CNC(=O)C(C(=O)NO)N(C)C(=O)c1ccc(-c2ccc3c(c2)CN(C2CC2)C3)cc1. The first-order chi connectivity index (χ1) is 14.9. The molecule has 1 saturated carbocycles. The molecule has 0 bridgehead atoms. The van der Waals surface area contributed by atoms with Gasteiger partial charge in [-0.1, -0.05) is 24.3 Å². The Morgan fingerprint density at radius 3 is 2.26 bits per heavy atom. The zero-order chi connectivity index (χ0) is 22.1. The van der Waals surface area contributed by atoms with Crippen LogP contribution in [0, 0.1) is 0 Å². The van der Waals surface area contributed by atoms with Gasteiger partial charge < -0.3 is 10.2 Å². The van der Waals surface area contributed by atoms with Crippen LogP contribution in [0.1, 0.15) is 34.3 Å². The van der Waals surface area contributed by atoms with Crippen LogP contribution in [0.5, 0.6) is 0 Å². The van der Waals surface area contributed by atoms with Crippen LogP contribution in [0.4, 0.5) is 0 Å². The van der Waals surface area contributed by atoms with Crippen molar-refractivity contribution in [1.29, 1.82) is 0 Å². The average Bonchev–Trinajstić information content (AvgIpc) is 3.56. The molecule has 2 aromatic rings. The number of fused-ring (bicyclic) bond motifs is 1. The highest BCUT2D eigenvalue weighted by Crippen LogP contribution is 2.36. The van der Waals surface area contributed by atoms with E-state index in [2.05, 4.69) is 28.4 Å². The number of hydroxylamine groups is 1. The normalized spacial score (nSPS) is 16.4. The van der Waals surface area contributed by atoms with E-state index in [0.717, 1.165) is 35.2 Å². The molecule has 162 valence electrons. The Labute approximate surface area is 180 Å². The van der Waals surface area contributed by atoms with Gasteiger partial charge in [-0.2, -0.15) is 0 Å². The van der Waals surface area contributed by atoms with Gasteiger partial charge in [0.15, 0.2) is 6.04 Å². The molecule has 3 N–H and O–H groups in total. The molecule has 3 amide bonds. The van der Waals surface area contributed by atoms with Gasteiger partial charge in [-0.3, -0.25) is 24.5 Å². The summed E-state index contributed by atoms with van der Waals surface area (Å²) in [5.41, 5.74) is 6.59. The predicted molar refractivity (Wildman–Crippen MR) is 114 cm³/mol. The van der Waals surface area contributed by atoms with Gasteiger partial charge in [0, 0.05) is 38.8 Å². The van der Waals surface area contributed by atoms with E-state index in [0.29, 0.717) is 5.56 Å². The molecule has 0 saturated heterocycles.